The van der Waals surface area contributed by atoms with E-state index in [1.165, 1.54) is 0 Å². The number of fused-ring (bicyclic) bond motifs is 1. The number of allylic oxidation sites excluding steroid dienone is 2. The standard InChI is InChI=1S/C16H24N4O/c1-11(2)15-19-18-14-9-8-13(10-20(14)15)17-16(21)12-6-4-3-5-7-12/h3-4,11-13H,5-10H2,1-2H3,(H,17,21). The number of rotatable bonds is 3. The topological polar surface area (TPSA) is 59.8 Å². The lowest BCUT2D eigenvalue weighted by molar-refractivity contribution is -0.126. The van der Waals surface area contributed by atoms with Gasteiger partial charge >= 0.3 is 0 Å². The van der Waals surface area contributed by atoms with Crippen molar-refractivity contribution in [3.8, 4) is 0 Å². The van der Waals surface area contributed by atoms with Crippen LogP contribution in [-0.2, 0) is 17.8 Å². The number of aromatic nitrogens is 3. The predicted molar refractivity (Wildman–Crippen MR) is 80.8 cm³/mol. The van der Waals surface area contributed by atoms with E-state index >= 15 is 0 Å². The highest BCUT2D eigenvalue weighted by Gasteiger charge is 2.27. The van der Waals surface area contributed by atoms with E-state index in [1.54, 1.807) is 0 Å². The number of hydrogen-bond acceptors (Lipinski definition) is 3. The molecule has 0 radical (unpaired) electrons. The van der Waals surface area contributed by atoms with E-state index in [1.807, 2.05) is 0 Å². The Morgan fingerprint density at radius 2 is 2.19 bits per heavy atom. The van der Waals surface area contributed by atoms with Crippen molar-refractivity contribution in [3.05, 3.63) is 23.8 Å². The number of nitrogens with zero attached hydrogens (tertiary/aromatic N) is 3. The zero-order chi connectivity index (χ0) is 14.8. The molecule has 1 aliphatic carbocycles. The molecule has 114 valence electrons. The number of hydrogen-bond donors (Lipinski definition) is 1. The van der Waals surface area contributed by atoms with Crippen molar-refractivity contribution in [2.24, 2.45) is 5.92 Å². The molecule has 2 atom stereocenters. The van der Waals surface area contributed by atoms with Crippen molar-refractivity contribution in [2.75, 3.05) is 0 Å². The maximum absolute atomic E-state index is 12.3. The Kier molecular flexibility index (Phi) is 4.08. The molecule has 1 N–H and O–H groups in total. The summed E-state index contributed by atoms with van der Waals surface area (Å²) in [5.74, 6) is 2.83. The fraction of sp³-hybridized carbons (Fsp3) is 0.688. The summed E-state index contributed by atoms with van der Waals surface area (Å²) in [5, 5.41) is 11.8. The zero-order valence-corrected chi connectivity index (χ0v) is 12.9. The third-order valence-corrected chi connectivity index (χ3v) is 4.48. The molecule has 1 aromatic heterocycles. The molecule has 0 spiro atoms. The first-order valence-electron chi connectivity index (χ1n) is 8.02. The van der Waals surface area contributed by atoms with Crippen LogP contribution in [0.4, 0.5) is 0 Å². The first-order valence-corrected chi connectivity index (χ1v) is 8.02. The van der Waals surface area contributed by atoms with Crippen LogP contribution in [0, 0.1) is 5.92 Å². The van der Waals surface area contributed by atoms with E-state index in [4.69, 9.17) is 0 Å². The van der Waals surface area contributed by atoms with Gasteiger partial charge in [0.2, 0.25) is 5.91 Å². The van der Waals surface area contributed by atoms with E-state index in [2.05, 4.69) is 46.1 Å². The van der Waals surface area contributed by atoms with Gasteiger partial charge in [0.05, 0.1) is 0 Å². The lowest BCUT2D eigenvalue weighted by atomic mass is 9.93. The predicted octanol–water partition coefficient (Wildman–Crippen LogP) is 2.19. The van der Waals surface area contributed by atoms with Gasteiger partial charge in [0.15, 0.2) is 0 Å². The summed E-state index contributed by atoms with van der Waals surface area (Å²) in [7, 11) is 0. The van der Waals surface area contributed by atoms with Gasteiger partial charge < -0.3 is 9.88 Å². The highest BCUT2D eigenvalue weighted by Crippen LogP contribution is 2.22. The molecule has 0 saturated carbocycles. The van der Waals surface area contributed by atoms with E-state index < -0.39 is 0 Å². The Balaban J connectivity index is 1.64. The van der Waals surface area contributed by atoms with Gasteiger partial charge in [-0.2, -0.15) is 0 Å². The minimum absolute atomic E-state index is 0.155. The number of aryl methyl sites for hydroxylation is 1. The molecule has 0 aromatic carbocycles. The van der Waals surface area contributed by atoms with Crippen LogP contribution in [0.3, 0.4) is 0 Å². The van der Waals surface area contributed by atoms with Crippen LogP contribution in [0.5, 0.6) is 0 Å². The number of carbonyl (C=O) groups is 1. The molecule has 5 nitrogen and oxygen atoms in total. The summed E-state index contributed by atoms with van der Waals surface area (Å²) < 4.78 is 2.19. The maximum Gasteiger partial charge on any atom is 0.223 e. The van der Waals surface area contributed by atoms with Crippen LogP contribution < -0.4 is 5.32 Å². The molecule has 2 heterocycles. The van der Waals surface area contributed by atoms with Gasteiger partial charge in [-0.15, -0.1) is 10.2 Å². The molecule has 21 heavy (non-hydrogen) atoms. The summed E-state index contributed by atoms with van der Waals surface area (Å²) in [5.41, 5.74) is 0. The lowest BCUT2D eigenvalue weighted by Gasteiger charge is -2.28. The summed E-state index contributed by atoms with van der Waals surface area (Å²) in [6.45, 7) is 5.08. The Labute approximate surface area is 125 Å². The molecule has 0 saturated heterocycles. The van der Waals surface area contributed by atoms with E-state index in [9.17, 15) is 4.79 Å². The van der Waals surface area contributed by atoms with Crippen molar-refractivity contribution in [2.45, 2.75) is 64.5 Å². The first-order chi connectivity index (χ1) is 10.1. The Hall–Kier alpha value is -1.65. The van der Waals surface area contributed by atoms with Crippen molar-refractivity contribution in [3.63, 3.8) is 0 Å². The highest BCUT2D eigenvalue weighted by molar-refractivity contribution is 5.79. The van der Waals surface area contributed by atoms with Crippen LogP contribution in [0.25, 0.3) is 0 Å². The van der Waals surface area contributed by atoms with Gasteiger partial charge in [-0.25, -0.2) is 0 Å². The van der Waals surface area contributed by atoms with Gasteiger partial charge in [-0.1, -0.05) is 26.0 Å². The molecule has 1 aromatic rings. The highest BCUT2D eigenvalue weighted by atomic mass is 16.1. The molecular weight excluding hydrogens is 264 g/mol. The molecule has 3 rings (SSSR count). The van der Waals surface area contributed by atoms with Gasteiger partial charge in [0.25, 0.3) is 0 Å². The van der Waals surface area contributed by atoms with Gasteiger partial charge in [-0.3, -0.25) is 4.79 Å². The Morgan fingerprint density at radius 3 is 2.90 bits per heavy atom. The van der Waals surface area contributed by atoms with E-state index in [0.29, 0.717) is 5.92 Å². The molecule has 5 heteroatoms. The molecule has 1 amide bonds. The maximum atomic E-state index is 12.3. The first kappa shape index (κ1) is 14.3. The van der Waals surface area contributed by atoms with Crippen molar-refractivity contribution in [1.82, 2.24) is 20.1 Å². The lowest BCUT2D eigenvalue weighted by Crippen LogP contribution is -2.44. The summed E-state index contributed by atoms with van der Waals surface area (Å²) in [6, 6.07) is 0.212. The molecule has 0 bridgehead atoms. The second-order valence-electron chi connectivity index (χ2n) is 6.47. The van der Waals surface area contributed by atoms with Crippen LogP contribution >= 0.6 is 0 Å². The van der Waals surface area contributed by atoms with Crippen molar-refractivity contribution in [1.29, 1.82) is 0 Å². The third-order valence-electron chi connectivity index (χ3n) is 4.48. The quantitative estimate of drug-likeness (QED) is 0.867. The summed E-state index contributed by atoms with van der Waals surface area (Å²) in [4.78, 5) is 12.3. The monoisotopic (exact) mass is 288 g/mol. The van der Waals surface area contributed by atoms with Crippen molar-refractivity contribution >= 4 is 5.91 Å². The number of nitrogens with one attached hydrogen (secondary N) is 1. The van der Waals surface area contributed by atoms with E-state index in [0.717, 1.165) is 50.3 Å². The fourth-order valence-corrected chi connectivity index (χ4v) is 3.24. The molecule has 0 fully saturated rings. The second kappa shape index (κ2) is 6.00. The largest absolute Gasteiger partial charge is 0.351 e. The van der Waals surface area contributed by atoms with Crippen LogP contribution in [0.1, 0.15) is 57.1 Å². The van der Waals surface area contributed by atoms with Crippen LogP contribution in [-0.4, -0.2) is 26.7 Å². The van der Waals surface area contributed by atoms with E-state index in [-0.39, 0.29) is 17.9 Å². The molecule has 2 aliphatic rings. The zero-order valence-electron chi connectivity index (χ0n) is 12.9. The minimum atomic E-state index is 0.155. The average Bonchev–Trinajstić information content (AvgIpc) is 2.91. The SMILES string of the molecule is CC(C)c1nnc2n1CC(NC(=O)C1CC=CCC1)CC2. The Morgan fingerprint density at radius 1 is 1.33 bits per heavy atom. The molecular formula is C16H24N4O. The summed E-state index contributed by atoms with van der Waals surface area (Å²) in [6.07, 6.45) is 9.04. The van der Waals surface area contributed by atoms with Crippen molar-refractivity contribution < 1.29 is 4.79 Å². The van der Waals surface area contributed by atoms with Gasteiger partial charge in [0, 0.05) is 30.8 Å². The minimum Gasteiger partial charge on any atom is -0.351 e. The smallest absolute Gasteiger partial charge is 0.223 e. The molecule has 2 unspecified atom stereocenters. The van der Waals surface area contributed by atoms with Gasteiger partial charge in [0.1, 0.15) is 11.6 Å². The number of carbonyl (C=O) groups excluding carboxylic acids is 1. The normalized spacial score (nSPS) is 24.9. The average molecular weight is 288 g/mol. The van der Waals surface area contributed by atoms with Gasteiger partial charge in [-0.05, 0) is 25.7 Å². The summed E-state index contributed by atoms with van der Waals surface area (Å²) >= 11 is 0. The fourth-order valence-electron chi connectivity index (χ4n) is 3.24. The number of amides is 1. The third kappa shape index (κ3) is 3.01. The van der Waals surface area contributed by atoms with Crippen LogP contribution in [0.15, 0.2) is 12.2 Å². The second-order valence-corrected chi connectivity index (χ2v) is 6.47. The van der Waals surface area contributed by atoms with Crippen LogP contribution in [0.2, 0.25) is 0 Å². The molecule has 1 aliphatic heterocycles. The Bertz CT molecular complexity index is 546.